The van der Waals surface area contributed by atoms with Crippen LogP contribution in [-0.4, -0.2) is 11.8 Å². The van der Waals surface area contributed by atoms with Crippen LogP contribution in [0.1, 0.15) is 12.8 Å². The van der Waals surface area contributed by atoms with Crippen LogP contribution in [0.4, 0.5) is 0 Å². The second-order valence-corrected chi connectivity index (χ2v) is 1.47. The summed E-state index contributed by atoms with van der Waals surface area (Å²) in [6, 6.07) is 0. The number of hydrogen-bond donors (Lipinski definition) is 1. The van der Waals surface area contributed by atoms with Crippen LogP contribution >= 0.6 is 0 Å². The van der Waals surface area contributed by atoms with Gasteiger partial charge in [-0.2, -0.15) is 0 Å². The first-order valence-electron chi connectivity index (χ1n) is 2.28. The van der Waals surface area contributed by atoms with E-state index in [2.05, 4.69) is 5.32 Å². The van der Waals surface area contributed by atoms with E-state index in [1.165, 1.54) is 0 Å². The molecule has 1 N–H and O–H groups in total. The van der Waals surface area contributed by atoms with E-state index in [-0.39, 0.29) is 11.8 Å². The molecule has 1 fully saturated rings. The van der Waals surface area contributed by atoms with Crippen LogP contribution in [-0.2, 0) is 32.8 Å². The standard InChI is InChI=1S/C4H5NO2.Mo.O/c6-3-1-2-4(7)5-3;;/h1-2H2,(H,5,6,7);;. The third kappa shape index (κ3) is 3.25. The Kier molecular flexibility index (Phi) is 4.32. The van der Waals surface area contributed by atoms with E-state index in [0.29, 0.717) is 32.6 Å². The molecule has 0 spiro atoms. The molecule has 1 saturated heterocycles. The topological polar surface area (TPSA) is 63.2 Å². The Labute approximate surface area is 63.2 Å². The van der Waals surface area contributed by atoms with Gasteiger partial charge in [-0.3, -0.25) is 14.9 Å². The van der Waals surface area contributed by atoms with Crippen LogP contribution in [0.3, 0.4) is 0 Å². The van der Waals surface area contributed by atoms with Crippen LogP contribution < -0.4 is 5.32 Å². The summed E-state index contributed by atoms with van der Waals surface area (Å²) in [6.45, 7) is 0. The fourth-order valence-corrected chi connectivity index (χ4v) is 0.508. The number of nitrogens with one attached hydrogen (secondary N) is 1. The zero-order valence-corrected chi connectivity index (χ0v) is 6.55. The number of imide groups is 1. The molecule has 0 radical (unpaired) electrons. The zero-order chi connectivity index (χ0) is 7.28. The van der Waals surface area contributed by atoms with Gasteiger partial charge in [0.15, 0.2) is 0 Å². The van der Waals surface area contributed by atoms with Crippen LogP contribution in [0.15, 0.2) is 0 Å². The van der Waals surface area contributed by atoms with Crippen molar-refractivity contribution in [2.45, 2.75) is 12.8 Å². The summed E-state index contributed by atoms with van der Waals surface area (Å²) in [5.41, 5.74) is 0. The van der Waals surface area contributed by atoms with Crippen molar-refractivity contribution in [3.8, 4) is 0 Å². The van der Waals surface area contributed by atoms with Gasteiger partial charge in [0.25, 0.3) is 0 Å². The Bertz CT molecular complexity index is 122. The summed E-state index contributed by atoms with van der Waals surface area (Å²) < 4.78 is 8.26. The van der Waals surface area contributed by atoms with Crippen molar-refractivity contribution in [2.24, 2.45) is 0 Å². The van der Waals surface area contributed by atoms with Gasteiger partial charge >= 0.3 is 23.2 Å². The molecule has 0 saturated carbocycles. The first-order valence-corrected chi connectivity index (χ1v) is 3.10. The van der Waals surface area contributed by atoms with Gasteiger partial charge in [0.1, 0.15) is 0 Å². The summed E-state index contributed by atoms with van der Waals surface area (Å²) >= 11 is 0.700. The van der Waals surface area contributed by atoms with E-state index in [0.717, 1.165) is 0 Å². The first-order chi connectivity index (χ1) is 4.29. The Balaban J connectivity index is 0.000000291. The van der Waals surface area contributed by atoms with Gasteiger partial charge in [0, 0.05) is 12.8 Å². The van der Waals surface area contributed by atoms with Crippen molar-refractivity contribution < 1.29 is 32.8 Å². The van der Waals surface area contributed by atoms with Crippen molar-refractivity contribution >= 4 is 11.8 Å². The summed E-state index contributed by atoms with van der Waals surface area (Å²) in [5.74, 6) is -0.296. The molecule has 0 aromatic rings. The molecule has 1 rings (SSSR count). The SMILES string of the molecule is O=C1CCC(=O)N1.[O]=[Mo]. The van der Waals surface area contributed by atoms with Gasteiger partial charge in [0.2, 0.25) is 11.8 Å². The van der Waals surface area contributed by atoms with Gasteiger partial charge in [-0.1, -0.05) is 0 Å². The number of rotatable bonds is 0. The molecule has 0 atom stereocenters. The molecule has 0 aromatic carbocycles. The van der Waals surface area contributed by atoms with Crippen LogP contribution in [0.25, 0.3) is 0 Å². The fraction of sp³-hybridized carbons (Fsp3) is 0.500. The maximum absolute atomic E-state index is 10.1. The minimum atomic E-state index is -0.148. The second kappa shape index (κ2) is 4.50. The van der Waals surface area contributed by atoms with E-state index >= 15 is 0 Å². The van der Waals surface area contributed by atoms with E-state index in [1.54, 1.807) is 0 Å². The van der Waals surface area contributed by atoms with E-state index < -0.39 is 0 Å². The average Bonchev–Trinajstić information content (AvgIpc) is 2.20. The van der Waals surface area contributed by atoms with Crippen molar-refractivity contribution in [1.82, 2.24) is 5.32 Å². The van der Waals surface area contributed by atoms with Gasteiger partial charge in [-0.05, 0) is 0 Å². The predicted octanol–water partition coefficient (Wildman–Crippen LogP) is -0.698. The summed E-state index contributed by atoms with van der Waals surface area (Å²) in [5, 5.41) is 2.14. The third-order valence-electron chi connectivity index (χ3n) is 0.858. The van der Waals surface area contributed by atoms with Crippen molar-refractivity contribution in [1.29, 1.82) is 0 Å². The van der Waals surface area contributed by atoms with Crippen LogP contribution in [0, 0.1) is 0 Å². The monoisotopic (exact) mass is 213 g/mol. The molecule has 1 aliphatic heterocycles. The predicted molar refractivity (Wildman–Crippen MR) is 23.1 cm³/mol. The Morgan fingerprint density at radius 1 is 1.11 bits per heavy atom. The van der Waals surface area contributed by atoms with Crippen molar-refractivity contribution in [2.75, 3.05) is 0 Å². The molecular weight excluding hydrogens is 206 g/mol. The maximum atomic E-state index is 10.1. The Morgan fingerprint density at radius 2 is 1.44 bits per heavy atom. The molecule has 0 unspecified atom stereocenters. The molecule has 0 aromatic heterocycles. The molecule has 9 heavy (non-hydrogen) atoms. The number of amides is 2. The summed E-state index contributed by atoms with van der Waals surface area (Å²) in [6.07, 6.45) is 0.748. The molecular formula is C4H5MoNO3. The summed E-state index contributed by atoms with van der Waals surface area (Å²) in [4.78, 5) is 20.2. The molecule has 1 heterocycles. The van der Waals surface area contributed by atoms with Gasteiger partial charge in [-0.15, -0.1) is 0 Å². The first kappa shape index (κ1) is 8.63. The molecule has 2 amide bonds. The quantitative estimate of drug-likeness (QED) is 0.425. The second-order valence-electron chi connectivity index (χ2n) is 1.47. The van der Waals surface area contributed by atoms with Crippen LogP contribution in [0.5, 0.6) is 0 Å². The third-order valence-corrected chi connectivity index (χ3v) is 0.858. The average molecular weight is 211 g/mol. The van der Waals surface area contributed by atoms with Crippen LogP contribution in [0.2, 0.25) is 0 Å². The van der Waals surface area contributed by atoms with Crippen molar-refractivity contribution in [3.05, 3.63) is 0 Å². The fourth-order valence-electron chi connectivity index (χ4n) is 0.508. The Hall–Kier alpha value is -0.372. The summed E-state index contributed by atoms with van der Waals surface area (Å²) in [7, 11) is 0. The molecule has 1 aliphatic rings. The number of carbonyl (C=O) groups excluding carboxylic acids is 2. The number of hydrogen-bond acceptors (Lipinski definition) is 3. The van der Waals surface area contributed by atoms with E-state index in [9.17, 15) is 9.59 Å². The van der Waals surface area contributed by atoms with Gasteiger partial charge in [-0.25, -0.2) is 0 Å². The van der Waals surface area contributed by atoms with E-state index in [1.807, 2.05) is 0 Å². The zero-order valence-electron chi connectivity index (χ0n) is 4.55. The Morgan fingerprint density at radius 3 is 1.56 bits per heavy atom. The minimum absolute atomic E-state index is 0.148. The molecule has 0 bridgehead atoms. The normalized spacial score (nSPS) is 16.0. The molecule has 5 heteroatoms. The molecule has 50 valence electrons. The molecule has 4 nitrogen and oxygen atoms in total. The van der Waals surface area contributed by atoms with Gasteiger partial charge in [0.05, 0.1) is 0 Å². The number of carbonyl (C=O) groups is 2. The van der Waals surface area contributed by atoms with Gasteiger partial charge < -0.3 is 0 Å². The van der Waals surface area contributed by atoms with E-state index in [4.69, 9.17) is 3.40 Å². The van der Waals surface area contributed by atoms with Crippen molar-refractivity contribution in [3.63, 3.8) is 0 Å². The molecule has 0 aliphatic carbocycles.